The van der Waals surface area contributed by atoms with Gasteiger partial charge in [0.1, 0.15) is 11.6 Å². The lowest BCUT2D eigenvalue weighted by atomic mass is 9.95. The monoisotopic (exact) mass is 227 g/mol. The lowest BCUT2D eigenvalue weighted by Gasteiger charge is -2.32. The molecule has 0 spiro atoms. The van der Waals surface area contributed by atoms with E-state index in [4.69, 9.17) is 9.47 Å². The Kier molecular flexibility index (Phi) is 3.22. The van der Waals surface area contributed by atoms with Crippen LogP contribution in [0.25, 0.3) is 0 Å². The minimum absolute atomic E-state index is 0.127. The largest absolute Gasteiger partial charge is 0.459 e. The van der Waals surface area contributed by atoms with Gasteiger partial charge in [0.05, 0.1) is 6.10 Å². The number of esters is 1. The van der Waals surface area contributed by atoms with Crippen molar-refractivity contribution in [2.75, 3.05) is 6.61 Å². The molecule has 0 radical (unpaired) electrons. The van der Waals surface area contributed by atoms with Crippen molar-refractivity contribution in [1.29, 1.82) is 0 Å². The predicted octanol–water partition coefficient (Wildman–Crippen LogP) is 1.24. The van der Waals surface area contributed by atoms with Crippen molar-refractivity contribution in [1.82, 2.24) is 5.32 Å². The molecule has 4 nitrogen and oxygen atoms in total. The number of ether oxygens (including phenoxy) is 2. The van der Waals surface area contributed by atoms with Crippen LogP contribution in [0.1, 0.15) is 40.0 Å². The van der Waals surface area contributed by atoms with Gasteiger partial charge in [-0.05, 0) is 40.0 Å². The van der Waals surface area contributed by atoms with Crippen LogP contribution < -0.4 is 5.32 Å². The lowest BCUT2D eigenvalue weighted by molar-refractivity contribution is -0.159. The molecule has 4 heteroatoms. The molecular formula is C12H21NO3. The standard InChI is InChI=1S/C12H21NO3/c1-12(2,3)16-11(14)9-4-5-10-8(13-9)6-7-15-10/h8-10,13H,4-7H2,1-3H3/t8-,9-,10-/m1/s1. The summed E-state index contributed by atoms with van der Waals surface area (Å²) in [5.41, 5.74) is -0.401. The smallest absolute Gasteiger partial charge is 0.323 e. The highest BCUT2D eigenvalue weighted by Gasteiger charge is 2.38. The van der Waals surface area contributed by atoms with Crippen LogP contribution in [-0.2, 0) is 14.3 Å². The summed E-state index contributed by atoms with van der Waals surface area (Å²) in [7, 11) is 0. The Labute approximate surface area is 96.7 Å². The van der Waals surface area contributed by atoms with Crippen LogP contribution in [0.5, 0.6) is 0 Å². The van der Waals surface area contributed by atoms with Crippen molar-refractivity contribution in [2.24, 2.45) is 0 Å². The molecule has 2 aliphatic heterocycles. The van der Waals surface area contributed by atoms with Crippen LogP contribution in [0.2, 0.25) is 0 Å². The van der Waals surface area contributed by atoms with E-state index in [0.717, 1.165) is 25.9 Å². The Balaban J connectivity index is 1.89. The lowest BCUT2D eigenvalue weighted by Crippen LogP contribution is -2.52. The maximum Gasteiger partial charge on any atom is 0.323 e. The number of nitrogens with one attached hydrogen (secondary N) is 1. The maximum absolute atomic E-state index is 11.9. The summed E-state index contributed by atoms with van der Waals surface area (Å²) in [4.78, 5) is 11.9. The first kappa shape index (κ1) is 11.9. The molecular weight excluding hydrogens is 206 g/mol. The summed E-state index contributed by atoms with van der Waals surface area (Å²) in [6, 6.07) is 0.188. The Morgan fingerprint density at radius 2 is 2.06 bits per heavy atom. The van der Waals surface area contributed by atoms with Crippen LogP contribution in [0.15, 0.2) is 0 Å². The fourth-order valence-corrected chi connectivity index (χ4v) is 2.36. The number of piperidine rings is 1. The summed E-state index contributed by atoms with van der Waals surface area (Å²) in [5.74, 6) is -0.127. The SMILES string of the molecule is CC(C)(C)OC(=O)[C@H]1CC[C@H]2OCC[C@H]2N1. The zero-order valence-corrected chi connectivity index (χ0v) is 10.3. The number of hydrogen-bond acceptors (Lipinski definition) is 4. The van der Waals surface area contributed by atoms with Gasteiger partial charge in [-0.2, -0.15) is 0 Å². The van der Waals surface area contributed by atoms with Gasteiger partial charge < -0.3 is 9.47 Å². The van der Waals surface area contributed by atoms with E-state index in [1.807, 2.05) is 20.8 Å². The molecule has 0 saturated carbocycles. The van der Waals surface area contributed by atoms with E-state index >= 15 is 0 Å². The van der Waals surface area contributed by atoms with Crippen molar-refractivity contribution >= 4 is 5.97 Å². The van der Waals surface area contributed by atoms with Crippen LogP contribution in [0, 0.1) is 0 Å². The van der Waals surface area contributed by atoms with Gasteiger partial charge in [0.15, 0.2) is 0 Å². The van der Waals surface area contributed by atoms with E-state index in [1.165, 1.54) is 0 Å². The molecule has 2 saturated heterocycles. The minimum Gasteiger partial charge on any atom is -0.459 e. The Hall–Kier alpha value is -0.610. The Bertz CT molecular complexity index is 272. The van der Waals surface area contributed by atoms with E-state index < -0.39 is 5.60 Å². The fraction of sp³-hybridized carbons (Fsp3) is 0.917. The first-order valence-electron chi connectivity index (χ1n) is 6.06. The third kappa shape index (κ3) is 2.74. The van der Waals surface area contributed by atoms with Crippen LogP contribution in [0.3, 0.4) is 0 Å². The van der Waals surface area contributed by atoms with Gasteiger partial charge in [-0.1, -0.05) is 0 Å². The summed E-state index contributed by atoms with van der Waals surface area (Å²) in [5, 5.41) is 3.34. The highest BCUT2D eigenvalue weighted by molar-refractivity contribution is 5.76. The second kappa shape index (κ2) is 4.34. The number of carbonyl (C=O) groups is 1. The summed E-state index contributed by atoms with van der Waals surface area (Å²) in [6.45, 7) is 6.50. The molecule has 0 aromatic rings. The van der Waals surface area contributed by atoms with Gasteiger partial charge in [-0.3, -0.25) is 10.1 Å². The molecule has 1 N–H and O–H groups in total. The number of rotatable bonds is 1. The molecule has 0 aromatic carbocycles. The summed E-state index contributed by atoms with van der Waals surface area (Å²) < 4.78 is 11.0. The molecule has 2 heterocycles. The Morgan fingerprint density at radius 1 is 1.31 bits per heavy atom. The van der Waals surface area contributed by atoms with Crippen molar-refractivity contribution < 1.29 is 14.3 Å². The number of hydrogen-bond donors (Lipinski definition) is 1. The van der Waals surface area contributed by atoms with Crippen LogP contribution in [0.4, 0.5) is 0 Å². The van der Waals surface area contributed by atoms with Gasteiger partial charge in [-0.25, -0.2) is 0 Å². The zero-order chi connectivity index (χ0) is 11.8. The zero-order valence-electron chi connectivity index (χ0n) is 10.3. The molecule has 0 aliphatic carbocycles. The second-order valence-electron chi connectivity index (χ2n) is 5.63. The summed E-state index contributed by atoms with van der Waals surface area (Å²) in [6.07, 6.45) is 3.08. The maximum atomic E-state index is 11.9. The highest BCUT2D eigenvalue weighted by atomic mass is 16.6. The second-order valence-corrected chi connectivity index (χ2v) is 5.63. The van der Waals surface area contributed by atoms with Gasteiger partial charge >= 0.3 is 5.97 Å². The third-order valence-electron chi connectivity index (χ3n) is 3.06. The van der Waals surface area contributed by atoms with Crippen LogP contribution in [-0.4, -0.2) is 36.4 Å². The number of carbonyl (C=O) groups excluding carboxylic acids is 1. The van der Waals surface area contributed by atoms with E-state index in [9.17, 15) is 4.79 Å². The predicted molar refractivity (Wildman–Crippen MR) is 60.1 cm³/mol. The molecule has 0 aromatic heterocycles. The molecule has 0 unspecified atom stereocenters. The molecule has 0 amide bonds. The molecule has 16 heavy (non-hydrogen) atoms. The van der Waals surface area contributed by atoms with Crippen molar-refractivity contribution in [2.45, 2.75) is 63.8 Å². The molecule has 2 fully saturated rings. The summed E-state index contributed by atoms with van der Waals surface area (Å²) >= 11 is 0. The molecule has 2 aliphatic rings. The van der Waals surface area contributed by atoms with E-state index in [1.54, 1.807) is 0 Å². The van der Waals surface area contributed by atoms with Crippen molar-refractivity contribution in [3.63, 3.8) is 0 Å². The fourth-order valence-electron chi connectivity index (χ4n) is 2.36. The van der Waals surface area contributed by atoms with E-state index in [0.29, 0.717) is 12.1 Å². The van der Waals surface area contributed by atoms with Crippen molar-refractivity contribution in [3.05, 3.63) is 0 Å². The van der Waals surface area contributed by atoms with Crippen molar-refractivity contribution in [3.8, 4) is 0 Å². The van der Waals surface area contributed by atoms with Gasteiger partial charge in [0, 0.05) is 12.6 Å². The normalized spacial score (nSPS) is 34.6. The van der Waals surface area contributed by atoms with E-state index in [-0.39, 0.29) is 12.0 Å². The highest BCUT2D eigenvalue weighted by Crippen LogP contribution is 2.25. The average molecular weight is 227 g/mol. The first-order chi connectivity index (χ1) is 7.46. The molecule has 2 rings (SSSR count). The third-order valence-corrected chi connectivity index (χ3v) is 3.06. The number of fused-ring (bicyclic) bond motifs is 1. The van der Waals surface area contributed by atoms with Crippen LogP contribution >= 0.6 is 0 Å². The molecule has 92 valence electrons. The van der Waals surface area contributed by atoms with Gasteiger partial charge in [0.2, 0.25) is 0 Å². The minimum atomic E-state index is -0.401. The Morgan fingerprint density at radius 3 is 2.75 bits per heavy atom. The molecule has 3 atom stereocenters. The van der Waals surface area contributed by atoms with Gasteiger partial charge in [-0.15, -0.1) is 0 Å². The first-order valence-corrected chi connectivity index (χ1v) is 6.06. The van der Waals surface area contributed by atoms with Gasteiger partial charge in [0.25, 0.3) is 0 Å². The van der Waals surface area contributed by atoms with E-state index in [2.05, 4.69) is 5.32 Å². The topological polar surface area (TPSA) is 47.6 Å². The average Bonchev–Trinajstić information content (AvgIpc) is 2.61. The molecule has 0 bridgehead atoms. The quantitative estimate of drug-likeness (QED) is 0.685.